The average molecular weight is 334 g/mol. The zero-order valence-electron chi connectivity index (χ0n) is 11.1. The van der Waals surface area contributed by atoms with Gasteiger partial charge in [-0.25, -0.2) is 9.18 Å². The fourth-order valence-corrected chi connectivity index (χ4v) is 2.28. The second-order valence-electron chi connectivity index (χ2n) is 4.35. The second-order valence-corrected chi connectivity index (χ2v) is 5.14. The van der Waals surface area contributed by atoms with Gasteiger partial charge in [0.25, 0.3) is 0 Å². The molecule has 0 fully saturated rings. The van der Waals surface area contributed by atoms with Gasteiger partial charge in [0.2, 0.25) is 0 Å². The first-order valence-corrected chi connectivity index (χ1v) is 6.66. The fraction of sp³-hybridized carbons (Fsp3) is 0.462. The lowest BCUT2D eigenvalue weighted by Gasteiger charge is -2.29. The van der Waals surface area contributed by atoms with E-state index in [1.54, 1.807) is 7.11 Å². The van der Waals surface area contributed by atoms with E-state index in [1.807, 2.05) is 18.7 Å². The second kappa shape index (κ2) is 6.86. The van der Waals surface area contributed by atoms with Crippen LogP contribution in [0.2, 0.25) is 0 Å². The van der Waals surface area contributed by atoms with Crippen molar-refractivity contribution in [3.8, 4) is 0 Å². The van der Waals surface area contributed by atoms with Gasteiger partial charge in [-0.3, -0.25) is 0 Å². The fourth-order valence-electron chi connectivity index (χ4n) is 1.77. The summed E-state index contributed by atoms with van der Waals surface area (Å²) in [5.74, 6) is -1.73. The Morgan fingerprint density at radius 2 is 2.16 bits per heavy atom. The van der Waals surface area contributed by atoms with Crippen LogP contribution in [0.15, 0.2) is 16.6 Å². The summed E-state index contributed by atoms with van der Waals surface area (Å²) >= 11 is 3.00. The minimum atomic E-state index is -1.16. The van der Waals surface area contributed by atoms with Gasteiger partial charge >= 0.3 is 5.97 Å². The number of carboxylic acids is 1. The first-order chi connectivity index (χ1) is 8.90. The number of carboxylic acid groups (broad SMARTS) is 1. The van der Waals surface area contributed by atoms with Crippen LogP contribution < -0.4 is 4.90 Å². The maximum Gasteiger partial charge on any atom is 0.336 e. The zero-order valence-corrected chi connectivity index (χ0v) is 12.7. The van der Waals surface area contributed by atoms with Gasteiger partial charge in [-0.1, -0.05) is 0 Å². The van der Waals surface area contributed by atoms with Crippen molar-refractivity contribution in [3.05, 3.63) is 28.0 Å². The van der Waals surface area contributed by atoms with Gasteiger partial charge in [0.15, 0.2) is 5.82 Å². The van der Waals surface area contributed by atoms with E-state index in [0.717, 1.165) is 0 Å². The summed E-state index contributed by atoms with van der Waals surface area (Å²) in [6, 6.07) is 2.96. The van der Waals surface area contributed by atoms with Crippen LogP contribution in [0, 0.1) is 5.82 Å². The van der Waals surface area contributed by atoms with Crippen LogP contribution in [0.4, 0.5) is 10.1 Å². The monoisotopic (exact) mass is 333 g/mol. The third-order valence-corrected chi connectivity index (χ3v) is 3.54. The van der Waals surface area contributed by atoms with Crippen LogP contribution in [-0.2, 0) is 4.74 Å². The molecule has 0 amide bonds. The molecule has 0 aliphatic heterocycles. The highest BCUT2D eigenvalue weighted by Crippen LogP contribution is 2.30. The maximum atomic E-state index is 14.3. The standard InChI is InChI=1S/C13H17BrFNO3/c1-8(2)16(6-7-19-3)10-5-4-9(13(17)18)11(14)12(10)15/h4-5,8H,6-7H2,1-3H3,(H,17,18). The quantitative estimate of drug-likeness (QED) is 0.868. The van der Waals surface area contributed by atoms with Crippen molar-refractivity contribution >= 4 is 27.6 Å². The van der Waals surface area contributed by atoms with Crippen LogP contribution in [0.25, 0.3) is 0 Å². The number of halogens is 2. The van der Waals surface area contributed by atoms with Gasteiger partial charge in [0.1, 0.15) is 0 Å². The van der Waals surface area contributed by atoms with Gasteiger partial charge in [-0.15, -0.1) is 0 Å². The van der Waals surface area contributed by atoms with Crippen molar-refractivity contribution in [2.24, 2.45) is 0 Å². The Balaban J connectivity index is 3.18. The molecule has 0 aliphatic carbocycles. The van der Waals surface area contributed by atoms with Crippen molar-refractivity contribution in [1.29, 1.82) is 0 Å². The molecule has 0 atom stereocenters. The molecule has 0 aromatic heterocycles. The minimum absolute atomic E-state index is 0.0273. The van der Waals surface area contributed by atoms with Gasteiger partial charge in [0.05, 0.1) is 22.3 Å². The predicted octanol–water partition coefficient (Wildman–Crippen LogP) is 3.15. The molecular weight excluding hydrogens is 317 g/mol. The maximum absolute atomic E-state index is 14.3. The van der Waals surface area contributed by atoms with Gasteiger partial charge < -0.3 is 14.7 Å². The van der Waals surface area contributed by atoms with Crippen LogP contribution >= 0.6 is 15.9 Å². The predicted molar refractivity (Wildman–Crippen MR) is 75.4 cm³/mol. The largest absolute Gasteiger partial charge is 0.478 e. The van der Waals surface area contributed by atoms with Crippen molar-refractivity contribution in [2.75, 3.05) is 25.2 Å². The number of nitrogens with zero attached hydrogens (tertiary/aromatic N) is 1. The lowest BCUT2D eigenvalue weighted by molar-refractivity contribution is 0.0695. The molecule has 0 bridgehead atoms. The number of anilines is 1. The molecule has 1 aromatic rings. The van der Waals surface area contributed by atoms with Crippen LogP contribution in [0.3, 0.4) is 0 Å². The number of aromatic carboxylic acids is 1. The molecule has 0 heterocycles. The molecule has 1 rings (SSSR count). The molecule has 4 nitrogen and oxygen atoms in total. The topological polar surface area (TPSA) is 49.8 Å². The summed E-state index contributed by atoms with van der Waals surface area (Å²) in [5, 5.41) is 8.94. The molecule has 1 N–H and O–H groups in total. The lowest BCUT2D eigenvalue weighted by atomic mass is 10.1. The number of benzene rings is 1. The highest BCUT2D eigenvalue weighted by Gasteiger charge is 2.20. The van der Waals surface area contributed by atoms with Crippen molar-refractivity contribution in [3.63, 3.8) is 0 Å². The van der Waals surface area contributed by atoms with E-state index >= 15 is 0 Å². The van der Waals surface area contributed by atoms with E-state index in [9.17, 15) is 9.18 Å². The molecule has 0 radical (unpaired) electrons. The third kappa shape index (κ3) is 3.67. The number of methoxy groups -OCH3 is 1. The van der Waals surface area contributed by atoms with E-state index in [2.05, 4.69) is 15.9 Å². The summed E-state index contributed by atoms with van der Waals surface area (Å²) in [7, 11) is 1.58. The van der Waals surface area contributed by atoms with E-state index < -0.39 is 11.8 Å². The first kappa shape index (κ1) is 15.9. The molecule has 106 valence electrons. The third-order valence-electron chi connectivity index (χ3n) is 2.76. The summed E-state index contributed by atoms with van der Waals surface area (Å²) < 4.78 is 19.2. The summed E-state index contributed by atoms with van der Waals surface area (Å²) in [5.41, 5.74) is 0.278. The van der Waals surface area contributed by atoms with Crippen LogP contribution in [-0.4, -0.2) is 37.4 Å². The van der Waals surface area contributed by atoms with E-state index in [-0.39, 0.29) is 16.1 Å². The SMILES string of the molecule is COCCN(c1ccc(C(=O)O)c(Br)c1F)C(C)C. The normalized spacial score (nSPS) is 10.8. The number of rotatable bonds is 6. The molecule has 1 aromatic carbocycles. The van der Waals surface area contributed by atoms with Crippen molar-refractivity contribution in [1.82, 2.24) is 0 Å². The minimum Gasteiger partial charge on any atom is -0.478 e. The number of hydrogen-bond donors (Lipinski definition) is 1. The Bertz CT molecular complexity index is 465. The van der Waals surface area contributed by atoms with Gasteiger partial charge in [0, 0.05) is 19.7 Å². The Labute approximate surface area is 120 Å². The average Bonchev–Trinajstić information content (AvgIpc) is 2.33. The summed E-state index contributed by atoms with van der Waals surface area (Å²) in [6.45, 7) is 4.88. The first-order valence-electron chi connectivity index (χ1n) is 5.87. The Hall–Kier alpha value is -1.14. The van der Waals surface area contributed by atoms with E-state index in [4.69, 9.17) is 9.84 Å². The van der Waals surface area contributed by atoms with Gasteiger partial charge in [-0.05, 0) is 41.9 Å². The smallest absolute Gasteiger partial charge is 0.336 e. The van der Waals surface area contributed by atoms with Gasteiger partial charge in [-0.2, -0.15) is 0 Å². The molecule has 0 saturated carbocycles. The number of hydrogen-bond acceptors (Lipinski definition) is 3. The molecule has 0 unspecified atom stereocenters. The summed E-state index contributed by atoms with van der Waals surface area (Å²) in [6.07, 6.45) is 0. The highest BCUT2D eigenvalue weighted by atomic mass is 79.9. The lowest BCUT2D eigenvalue weighted by Crippen LogP contribution is -2.34. The van der Waals surface area contributed by atoms with Crippen LogP contribution in [0.1, 0.15) is 24.2 Å². The molecule has 0 spiro atoms. The molecule has 0 saturated heterocycles. The van der Waals surface area contributed by atoms with Crippen molar-refractivity contribution in [2.45, 2.75) is 19.9 Å². The molecule has 6 heteroatoms. The number of carbonyl (C=O) groups is 1. The van der Waals surface area contributed by atoms with Crippen molar-refractivity contribution < 1.29 is 19.0 Å². The van der Waals surface area contributed by atoms with E-state index in [1.165, 1.54) is 12.1 Å². The van der Waals surface area contributed by atoms with E-state index in [0.29, 0.717) is 18.8 Å². The van der Waals surface area contributed by atoms with Crippen LogP contribution in [0.5, 0.6) is 0 Å². The highest BCUT2D eigenvalue weighted by molar-refractivity contribution is 9.10. The Morgan fingerprint density at radius 1 is 1.53 bits per heavy atom. The summed E-state index contributed by atoms with van der Waals surface area (Å²) in [4.78, 5) is 12.8. The molecular formula is C13H17BrFNO3. The molecule has 19 heavy (non-hydrogen) atoms. The number of ether oxygens (including phenoxy) is 1. The zero-order chi connectivity index (χ0) is 14.6. The Morgan fingerprint density at radius 3 is 2.63 bits per heavy atom. The molecule has 0 aliphatic rings. The Kier molecular flexibility index (Phi) is 5.75.